The van der Waals surface area contributed by atoms with E-state index < -0.39 is 17.7 Å². The van der Waals surface area contributed by atoms with Gasteiger partial charge in [-0.25, -0.2) is 0 Å². The van der Waals surface area contributed by atoms with E-state index in [1.165, 1.54) is 16.2 Å². The lowest BCUT2D eigenvalue weighted by Crippen LogP contribution is -2.30. The van der Waals surface area contributed by atoms with Gasteiger partial charge in [0, 0.05) is 18.9 Å². The molecule has 1 atom stereocenters. The monoisotopic (exact) mass is 432 g/mol. The SMILES string of the molecule is C=CCOc1cccc(C2C(C(=O)c3cccs3)=C(O)C(=O)N2Cc2ccncc2)c1. The predicted molar refractivity (Wildman–Crippen MR) is 118 cm³/mol. The second kappa shape index (κ2) is 8.97. The van der Waals surface area contributed by atoms with E-state index in [2.05, 4.69) is 11.6 Å². The fourth-order valence-corrected chi connectivity index (χ4v) is 4.23. The van der Waals surface area contributed by atoms with Crippen molar-refractivity contribution >= 4 is 23.0 Å². The summed E-state index contributed by atoms with van der Waals surface area (Å²) >= 11 is 1.27. The van der Waals surface area contributed by atoms with Gasteiger partial charge >= 0.3 is 0 Å². The minimum absolute atomic E-state index is 0.0716. The van der Waals surface area contributed by atoms with Crippen LogP contribution in [0.4, 0.5) is 0 Å². The maximum Gasteiger partial charge on any atom is 0.290 e. The zero-order valence-corrected chi connectivity index (χ0v) is 17.4. The molecule has 1 aromatic carbocycles. The summed E-state index contributed by atoms with van der Waals surface area (Å²) in [7, 11) is 0. The van der Waals surface area contributed by atoms with E-state index in [1.54, 1.807) is 66.3 Å². The number of aliphatic hydroxyl groups excluding tert-OH is 1. The highest BCUT2D eigenvalue weighted by atomic mass is 32.1. The number of Topliss-reactive ketones (excluding diaryl/α,β-unsaturated/α-hetero) is 1. The number of benzene rings is 1. The van der Waals surface area contributed by atoms with Crippen molar-refractivity contribution in [2.24, 2.45) is 0 Å². The lowest BCUT2D eigenvalue weighted by molar-refractivity contribution is -0.130. The molecule has 156 valence electrons. The van der Waals surface area contributed by atoms with Gasteiger partial charge in [0.2, 0.25) is 5.78 Å². The van der Waals surface area contributed by atoms with Gasteiger partial charge in [0.05, 0.1) is 16.5 Å². The molecule has 0 bridgehead atoms. The summed E-state index contributed by atoms with van der Waals surface area (Å²) in [6.07, 6.45) is 4.91. The van der Waals surface area contributed by atoms with Crippen LogP contribution in [0.15, 0.2) is 90.3 Å². The Hall–Kier alpha value is -3.71. The Morgan fingerprint density at radius 1 is 1.23 bits per heavy atom. The van der Waals surface area contributed by atoms with Crippen LogP contribution in [0, 0.1) is 0 Å². The smallest absolute Gasteiger partial charge is 0.290 e. The zero-order valence-electron chi connectivity index (χ0n) is 16.6. The standard InChI is InChI=1S/C24H20N2O4S/c1-2-12-30-18-6-3-5-17(14-18)21-20(22(27)19-7-4-13-31-19)23(28)24(29)26(21)15-16-8-10-25-11-9-16/h2-11,13-14,21,28H,1,12,15H2. The van der Waals surface area contributed by atoms with Crippen molar-refractivity contribution in [3.8, 4) is 5.75 Å². The summed E-state index contributed by atoms with van der Waals surface area (Å²) in [5.41, 5.74) is 1.58. The molecule has 3 aromatic rings. The van der Waals surface area contributed by atoms with Gasteiger partial charge in [-0.15, -0.1) is 11.3 Å². The number of aromatic nitrogens is 1. The van der Waals surface area contributed by atoms with Gasteiger partial charge in [0.25, 0.3) is 5.91 Å². The molecule has 0 spiro atoms. The molecule has 1 N–H and O–H groups in total. The van der Waals surface area contributed by atoms with Crippen LogP contribution >= 0.6 is 11.3 Å². The van der Waals surface area contributed by atoms with Gasteiger partial charge in [0.1, 0.15) is 12.4 Å². The van der Waals surface area contributed by atoms with E-state index in [0.29, 0.717) is 22.8 Å². The molecule has 1 unspecified atom stereocenters. The van der Waals surface area contributed by atoms with Crippen LogP contribution in [0.1, 0.15) is 26.8 Å². The maximum absolute atomic E-state index is 13.3. The van der Waals surface area contributed by atoms with Crippen LogP contribution in [-0.2, 0) is 11.3 Å². The Labute approximate surface area is 183 Å². The second-order valence-corrected chi connectivity index (χ2v) is 7.88. The molecule has 4 rings (SSSR count). The van der Waals surface area contributed by atoms with Gasteiger partial charge < -0.3 is 14.7 Å². The molecule has 7 heteroatoms. The fraction of sp³-hybridized carbons (Fsp3) is 0.125. The van der Waals surface area contributed by atoms with E-state index in [4.69, 9.17) is 4.74 Å². The van der Waals surface area contributed by atoms with Crippen molar-refractivity contribution in [3.63, 3.8) is 0 Å². The van der Waals surface area contributed by atoms with E-state index >= 15 is 0 Å². The van der Waals surface area contributed by atoms with Crippen LogP contribution in [0.3, 0.4) is 0 Å². The number of ketones is 1. The number of hydrogen-bond acceptors (Lipinski definition) is 6. The summed E-state index contributed by atoms with van der Waals surface area (Å²) in [6, 6.07) is 13.5. The van der Waals surface area contributed by atoms with Crippen LogP contribution < -0.4 is 4.74 Å². The first-order valence-electron chi connectivity index (χ1n) is 9.65. The fourth-order valence-electron chi connectivity index (χ4n) is 3.55. The van der Waals surface area contributed by atoms with Gasteiger partial charge in [-0.2, -0.15) is 0 Å². The number of ether oxygens (including phenoxy) is 1. The van der Waals surface area contributed by atoms with Crippen molar-refractivity contribution in [1.82, 2.24) is 9.88 Å². The molecular formula is C24H20N2O4S. The van der Waals surface area contributed by atoms with Crippen molar-refractivity contribution in [3.05, 3.63) is 106 Å². The van der Waals surface area contributed by atoms with Crippen molar-refractivity contribution < 1.29 is 19.4 Å². The van der Waals surface area contributed by atoms with Gasteiger partial charge in [0.15, 0.2) is 5.76 Å². The van der Waals surface area contributed by atoms with Gasteiger partial charge in [-0.05, 0) is 46.8 Å². The summed E-state index contributed by atoms with van der Waals surface area (Å²) in [5, 5.41) is 12.5. The minimum atomic E-state index is -0.748. The molecule has 1 amide bonds. The Morgan fingerprint density at radius 3 is 2.74 bits per heavy atom. The van der Waals surface area contributed by atoms with Crippen molar-refractivity contribution in [1.29, 1.82) is 0 Å². The number of nitrogens with zero attached hydrogens (tertiary/aromatic N) is 2. The summed E-state index contributed by atoms with van der Waals surface area (Å²) < 4.78 is 5.64. The average molecular weight is 433 g/mol. The number of hydrogen-bond donors (Lipinski definition) is 1. The van der Waals surface area contributed by atoms with Gasteiger partial charge in [-0.1, -0.05) is 30.9 Å². The van der Waals surface area contributed by atoms with E-state index in [0.717, 1.165) is 5.56 Å². The molecule has 0 radical (unpaired) electrons. The largest absolute Gasteiger partial charge is 0.503 e. The lowest BCUT2D eigenvalue weighted by Gasteiger charge is -2.27. The quantitative estimate of drug-likeness (QED) is 0.419. The molecule has 31 heavy (non-hydrogen) atoms. The number of carbonyl (C=O) groups excluding carboxylic acids is 2. The van der Waals surface area contributed by atoms with Crippen molar-refractivity contribution in [2.45, 2.75) is 12.6 Å². The highest BCUT2D eigenvalue weighted by molar-refractivity contribution is 7.12. The maximum atomic E-state index is 13.3. The van der Waals surface area contributed by atoms with E-state index in [1.807, 2.05) is 6.07 Å². The predicted octanol–water partition coefficient (Wildman–Crippen LogP) is 4.49. The third-order valence-electron chi connectivity index (χ3n) is 4.94. The normalized spacial score (nSPS) is 15.9. The molecule has 0 aliphatic carbocycles. The first-order chi connectivity index (χ1) is 15.1. The van der Waals surface area contributed by atoms with Crippen LogP contribution in [-0.4, -0.2) is 33.3 Å². The number of pyridine rings is 1. The molecule has 6 nitrogen and oxygen atoms in total. The third-order valence-corrected chi connectivity index (χ3v) is 5.81. The van der Waals surface area contributed by atoms with E-state index in [9.17, 15) is 14.7 Å². The molecular weight excluding hydrogens is 412 g/mol. The van der Waals surface area contributed by atoms with Crippen LogP contribution in [0.25, 0.3) is 0 Å². The third kappa shape index (κ3) is 4.13. The molecule has 0 fully saturated rings. The second-order valence-electron chi connectivity index (χ2n) is 6.93. The van der Waals surface area contributed by atoms with Gasteiger partial charge in [-0.3, -0.25) is 14.6 Å². The molecule has 0 saturated carbocycles. The molecule has 1 aliphatic heterocycles. The first-order valence-corrected chi connectivity index (χ1v) is 10.5. The number of rotatable bonds is 8. The van der Waals surface area contributed by atoms with E-state index in [-0.39, 0.29) is 17.9 Å². The summed E-state index contributed by atoms with van der Waals surface area (Å²) in [5.74, 6) is -0.877. The van der Waals surface area contributed by atoms with Crippen LogP contribution in [0.5, 0.6) is 5.75 Å². The highest BCUT2D eigenvalue weighted by Crippen LogP contribution is 2.41. The highest BCUT2D eigenvalue weighted by Gasteiger charge is 2.44. The molecule has 2 aromatic heterocycles. The molecule has 0 saturated heterocycles. The summed E-state index contributed by atoms with van der Waals surface area (Å²) in [4.78, 5) is 32.3. The Bertz CT molecular complexity index is 1140. The molecule has 3 heterocycles. The zero-order chi connectivity index (χ0) is 21.8. The number of thiophene rings is 1. The molecule has 1 aliphatic rings. The number of aliphatic hydroxyl groups is 1. The van der Waals surface area contributed by atoms with Crippen molar-refractivity contribution in [2.75, 3.05) is 6.61 Å². The first kappa shape index (κ1) is 20.6. The van der Waals surface area contributed by atoms with Crippen LogP contribution in [0.2, 0.25) is 0 Å². The average Bonchev–Trinajstić information content (AvgIpc) is 3.42. The lowest BCUT2D eigenvalue weighted by atomic mass is 9.95. The summed E-state index contributed by atoms with van der Waals surface area (Å²) in [6.45, 7) is 4.20. The Kier molecular flexibility index (Phi) is 5.95. The number of amides is 1. The Morgan fingerprint density at radius 2 is 2.03 bits per heavy atom. The minimum Gasteiger partial charge on any atom is -0.503 e. The number of carbonyl (C=O) groups is 2. The topological polar surface area (TPSA) is 79.7 Å². The Balaban J connectivity index is 1.78.